The van der Waals surface area contributed by atoms with Crippen molar-refractivity contribution < 1.29 is 4.74 Å². The Morgan fingerprint density at radius 1 is 1.40 bits per heavy atom. The third-order valence-electron chi connectivity index (χ3n) is 3.40. The Labute approximate surface area is 123 Å². The second-order valence-corrected chi connectivity index (χ2v) is 5.24. The molecular weight excluding hydrogens is 248 g/mol. The van der Waals surface area contributed by atoms with Crippen molar-refractivity contribution in [3.8, 4) is 17.6 Å². The molecule has 0 amide bonds. The average molecular weight is 274 g/mol. The van der Waals surface area contributed by atoms with Gasteiger partial charge in [-0.3, -0.25) is 0 Å². The third kappa shape index (κ3) is 5.24. The van der Waals surface area contributed by atoms with Gasteiger partial charge in [-0.05, 0) is 36.7 Å². The molecule has 110 valence electrons. The highest BCUT2D eigenvalue weighted by Crippen LogP contribution is 2.19. The molecule has 2 N–H and O–H groups in total. The quantitative estimate of drug-likeness (QED) is 0.810. The maximum absolute atomic E-state index is 5.46. The first-order chi connectivity index (χ1) is 9.60. The second-order valence-electron chi connectivity index (χ2n) is 5.24. The number of ether oxygens (including phenoxy) is 1. The highest BCUT2D eigenvalue weighted by molar-refractivity contribution is 5.45. The summed E-state index contributed by atoms with van der Waals surface area (Å²) in [7, 11) is 3.83. The van der Waals surface area contributed by atoms with E-state index in [1.165, 1.54) is 12.0 Å². The van der Waals surface area contributed by atoms with Crippen molar-refractivity contribution in [1.29, 1.82) is 0 Å². The first kappa shape index (κ1) is 16.6. The second kappa shape index (κ2) is 8.63. The van der Waals surface area contributed by atoms with Crippen LogP contribution in [-0.4, -0.2) is 32.1 Å². The molecule has 0 aliphatic heterocycles. The Bertz CT molecular complexity index is 474. The first-order valence-corrected chi connectivity index (χ1v) is 7.15. The fourth-order valence-corrected chi connectivity index (χ4v) is 2.11. The fraction of sp³-hybridized carbons (Fsp3) is 0.529. The lowest BCUT2D eigenvalue weighted by Gasteiger charge is -2.21. The van der Waals surface area contributed by atoms with Crippen molar-refractivity contribution in [2.75, 3.05) is 27.2 Å². The van der Waals surface area contributed by atoms with Gasteiger partial charge in [0, 0.05) is 18.7 Å². The zero-order valence-electron chi connectivity index (χ0n) is 13.1. The van der Waals surface area contributed by atoms with Crippen LogP contribution in [0.15, 0.2) is 18.2 Å². The van der Waals surface area contributed by atoms with Crippen LogP contribution in [-0.2, 0) is 6.54 Å². The van der Waals surface area contributed by atoms with Gasteiger partial charge in [-0.25, -0.2) is 0 Å². The number of hydrogen-bond donors (Lipinski definition) is 1. The van der Waals surface area contributed by atoms with Gasteiger partial charge in [0.15, 0.2) is 0 Å². The Morgan fingerprint density at radius 3 is 2.75 bits per heavy atom. The smallest absolute Gasteiger partial charge is 0.119 e. The van der Waals surface area contributed by atoms with Crippen molar-refractivity contribution in [3.63, 3.8) is 0 Å². The summed E-state index contributed by atoms with van der Waals surface area (Å²) in [6.07, 6.45) is 1.20. The van der Waals surface area contributed by atoms with Gasteiger partial charge in [-0.2, -0.15) is 0 Å². The lowest BCUT2D eigenvalue weighted by molar-refractivity contribution is 0.274. The zero-order valence-corrected chi connectivity index (χ0v) is 13.1. The number of rotatable bonds is 6. The zero-order chi connectivity index (χ0) is 15.0. The van der Waals surface area contributed by atoms with Gasteiger partial charge >= 0.3 is 0 Å². The van der Waals surface area contributed by atoms with Crippen molar-refractivity contribution in [1.82, 2.24) is 4.90 Å². The topological polar surface area (TPSA) is 38.5 Å². The summed E-state index contributed by atoms with van der Waals surface area (Å²) in [4.78, 5) is 2.33. The molecule has 3 heteroatoms. The van der Waals surface area contributed by atoms with Crippen LogP contribution in [0.2, 0.25) is 0 Å². The van der Waals surface area contributed by atoms with E-state index in [2.05, 4.69) is 43.7 Å². The van der Waals surface area contributed by atoms with Crippen LogP contribution >= 0.6 is 0 Å². The monoisotopic (exact) mass is 274 g/mol. The van der Waals surface area contributed by atoms with Gasteiger partial charge in [0.2, 0.25) is 0 Å². The van der Waals surface area contributed by atoms with Crippen LogP contribution in [0.3, 0.4) is 0 Å². The molecular formula is C17H26N2O. The SMILES string of the molecule is CCC(C)CN(C)Cc1cc(OC)ccc1C#CCN. The van der Waals surface area contributed by atoms with Gasteiger partial charge in [-0.15, -0.1) is 0 Å². The number of nitrogens with zero attached hydrogens (tertiary/aromatic N) is 1. The molecule has 0 bridgehead atoms. The highest BCUT2D eigenvalue weighted by Gasteiger charge is 2.09. The maximum Gasteiger partial charge on any atom is 0.119 e. The summed E-state index contributed by atoms with van der Waals surface area (Å²) in [6, 6.07) is 6.01. The summed E-state index contributed by atoms with van der Waals surface area (Å²) >= 11 is 0. The van der Waals surface area contributed by atoms with Gasteiger partial charge in [0.25, 0.3) is 0 Å². The lowest BCUT2D eigenvalue weighted by atomic mass is 10.1. The molecule has 1 aromatic rings. The van der Waals surface area contributed by atoms with Crippen LogP contribution < -0.4 is 10.5 Å². The van der Waals surface area contributed by atoms with Gasteiger partial charge in [-0.1, -0.05) is 32.1 Å². The molecule has 0 saturated carbocycles. The Kier molecular flexibility index (Phi) is 7.14. The normalized spacial score (nSPS) is 11.9. The average Bonchev–Trinajstić information content (AvgIpc) is 2.45. The predicted molar refractivity (Wildman–Crippen MR) is 84.7 cm³/mol. The summed E-state index contributed by atoms with van der Waals surface area (Å²) in [5.74, 6) is 7.63. The standard InChI is InChI=1S/C17H26N2O/c1-5-14(2)12-19(3)13-16-11-17(20-4)9-8-15(16)7-6-10-18/h8-9,11,14H,5,10,12-13,18H2,1-4H3. The van der Waals surface area contributed by atoms with E-state index < -0.39 is 0 Å². The molecule has 0 fully saturated rings. The molecule has 0 heterocycles. The van der Waals surface area contributed by atoms with Crippen molar-refractivity contribution in [2.45, 2.75) is 26.8 Å². The molecule has 20 heavy (non-hydrogen) atoms. The minimum Gasteiger partial charge on any atom is -0.497 e. The lowest BCUT2D eigenvalue weighted by Crippen LogP contribution is -2.24. The molecule has 0 radical (unpaired) electrons. The van der Waals surface area contributed by atoms with Crippen molar-refractivity contribution in [3.05, 3.63) is 29.3 Å². The molecule has 0 aliphatic carbocycles. The summed E-state index contributed by atoms with van der Waals surface area (Å²) in [5.41, 5.74) is 7.68. The van der Waals surface area contributed by atoms with E-state index in [0.717, 1.165) is 24.4 Å². The first-order valence-electron chi connectivity index (χ1n) is 7.15. The molecule has 1 atom stereocenters. The molecule has 1 unspecified atom stereocenters. The summed E-state index contributed by atoms with van der Waals surface area (Å²) in [5, 5.41) is 0. The molecule has 3 nitrogen and oxygen atoms in total. The largest absolute Gasteiger partial charge is 0.497 e. The van der Waals surface area contributed by atoms with E-state index >= 15 is 0 Å². The van der Waals surface area contributed by atoms with E-state index in [-0.39, 0.29) is 0 Å². The molecule has 0 aromatic heterocycles. The molecule has 0 aliphatic rings. The predicted octanol–water partition coefficient (Wildman–Crippen LogP) is 2.48. The Balaban J connectivity index is 2.89. The number of hydrogen-bond acceptors (Lipinski definition) is 3. The highest BCUT2D eigenvalue weighted by atomic mass is 16.5. The Morgan fingerprint density at radius 2 is 2.15 bits per heavy atom. The van der Waals surface area contributed by atoms with Gasteiger partial charge < -0.3 is 15.4 Å². The van der Waals surface area contributed by atoms with Gasteiger partial charge in [0.1, 0.15) is 5.75 Å². The van der Waals surface area contributed by atoms with Crippen LogP contribution in [0.4, 0.5) is 0 Å². The van der Waals surface area contributed by atoms with Crippen LogP contribution in [0.5, 0.6) is 5.75 Å². The van der Waals surface area contributed by atoms with E-state index in [9.17, 15) is 0 Å². The van der Waals surface area contributed by atoms with E-state index in [0.29, 0.717) is 12.5 Å². The van der Waals surface area contributed by atoms with E-state index in [1.807, 2.05) is 12.1 Å². The van der Waals surface area contributed by atoms with Crippen LogP contribution in [0.25, 0.3) is 0 Å². The Hall–Kier alpha value is -1.50. The summed E-state index contributed by atoms with van der Waals surface area (Å²) < 4.78 is 5.31. The van der Waals surface area contributed by atoms with Gasteiger partial charge in [0.05, 0.1) is 13.7 Å². The summed E-state index contributed by atoms with van der Waals surface area (Å²) in [6.45, 7) is 6.83. The fourth-order valence-electron chi connectivity index (χ4n) is 2.11. The van der Waals surface area contributed by atoms with Crippen LogP contribution in [0.1, 0.15) is 31.4 Å². The van der Waals surface area contributed by atoms with Crippen LogP contribution in [0, 0.1) is 17.8 Å². The minimum absolute atomic E-state index is 0.383. The molecule has 1 rings (SSSR count). The minimum atomic E-state index is 0.383. The molecule has 0 saturated heterocycles. The van der Waals surface area contributed by atoms with Crippen molar-refractivity contribution >= 4 is 0 Å². The number of methoxy groups -OCH3 is 1. The molecule has 0 spiro atoms. The van der Waals surface area contributed by atoms with E-state index in [1.54, 1.807) is 7.11 Å². The van der Waals surface area contributed by atoms with E-state index in [4.69, 9.17) is 10.5 Å². The molecule has 1 aromatic carbocycles. The number of nitrogens with two attached hydrogens (primary N) is 1. The number of benzene rings is 1. The maximum atomic E-state index is 5.46. The van der Waals surface area contributed by atoms with Crippen molar-refractivity contribution in [2.24, 2.45) is 11.7 Å². The third-order valence-corrected chi connectivity index (χ3v) is 3.40.